The van der Waals surface area contributed by atoms with Crippen molar-refractivity contribution in [2.45, 2.75) is 219 Å². The molecule has 0 aliphatic carbocycles. The summed E-state index contributed by atoms with van der Waals surface area (Å²) in [5.74, 6) is 0.691. The lowest BCUT2D eigenvalue weighted by Crippen LogP contribution is -2.12. The Bertz CT molecular complexity index is 675. The van der Waals surface area contributed by atoms with Crippen LogP contribution in [-0.2, 0) is 0 Å². The van der Waals surface area contributed by atoms with E-state index >= 15 is 0 Å². The first-order valence-corrected chi connectivity index (χ1v) is 20.2. The third-order valence-electron chi connectivity index (χ3n) is 9.24. The molecule has 0 amide bonds. The average Bonchev–Trinajstić information content (AvgIpc) is 3.03. The van der Waals surface area contributed by atoms with Crippen LogP contribution in [0.2, 0.25) is 0 Å². The lowest BCUT2D eigenvalue weighted by Gasteiger charge is -2.08. The number of nitrogens with one attached hydrogen (secondary N) is 2. The van der Waals surface area contributed by atoms with Crippen LogP contribution >= 0.6 is 0 Å². The summed E-state index contributed by atoms with van der Waals surface area (Å²) in [4.78, 5) is 12.0. The first-order chi connectivity index (χ1) is 22.3. The molecule has 0 spiro atoms. The number of nitrogens with zero attached hydrogens (tertiary/aromatic N) is 3. The minimum atomic E-state index is -0.714. The maximum absolute atomic E-state index is 13.9. The number of halogens is 1. The summed E-state index contributed by atoms with van der Waals surface area (Å²) in [6, 6.07) is 0. The summed E-state index contributed by atoms with van der Waals surface area (Å²) in [6.07, 6.45) is 42.8. The Morgan fingerprint density at radius 2 is 0.556 bits per heavy atom. The zero-order chi connectivity index (χ0) is 32.3. The minimum absolute atomic E-state index is 0.345. The van der Waals surface area contributed by atoms with Gasteiger partial charge < -0.3 is 10.6 Å². The molecule has 6 heteroatoms. The lowest BCUT2D eigenvalue weighted by molar-refractivity contribution is 0.528. The highest BCUT2D eigenvalue weighted by Crippen LogP contribution is 2.15. The second-order valence-corrected chi connectivity index (χ2v) is 13.7. The first-order valence-electron chi connectivity index (χ1n) is 20.2. The van der Waals surface area contributed by atoms with Gasteiger partial charge in [0.2, 0.25) is 11.9 Å². The number of hydrogen-bond acceptors (Lipinski definition) is 5. The van der Waals surface area contributed by atoms with Crippen LogP contribution in [0.1, 0.15) is 219 Å². The zero-order valence-electron chi connectivity index (χ0n) is 30.3. The fraction of sp³-hybridized carbons (Fsp3) is 0.923. The van der Waals surface area contributed by atoms with Gasteiger partial charge in [-0.3, -0.25) is 0 Å². The average molecular weight is 634 g/mol. The standard InChI is InChI=1S/C39H76FN5/c1-3-5-7-9-11-13-15-17-19-21-23-25-27-29-31-33-35-41-38-43-37(40)44-39(45-38)42-36-34-32-30-28-26-24-22-20-18-16-14-12-10-8-6-4-2/h3-36H2,1-2H3,(H2,41,42,43,44,45). The second-order valence-electron chi connectivity index (χ2n) is 13.7. The van der Waals surface area contributed by atoms with Gasteiger partial charge in [0.25, 0.3) is 0 Å². The van der Waals surface area contributed by atoms with Crippen LogP contribution in [-0.4, -0.2) is 28.0 Å². The Balaban J connectivity index is 1.89. The molecule has 0 bridgehead atoms. The Kier molecular flexibility index (Phi) is 31.3. The highest BCUT2D eigenvalue weighted by atomic mass is 19.1. The molecular weight excluding hydrogens is 557 g/mol. The Hall–Kier alpha value is -1.46. The van der Waals surface area contributed by atoms with Gasteiger partial charge in [-0.15, -0.1) is 0 Å². The van der Waals surface area contributed by atoms with Gasteiger partial charge >= 0.3 is 6.08 Å². The van der Waals surface area contributed by atoms with E-state index in [0.29, 0.717) is 11.9 Å². The third kappa shape index (κ3) is 29.7. The fourth-order valence-corrected chi connectivity index (χ4v) is 6.25. The van der Waals surface area contributed by atoms with E-state index in [1.807, 2.05) is 0 Å². The molecule has 45 heavy (non-hydrogen) atoms. The van der Waals surface area contributed by atoms with E-state index < -0.39 is 6.08 Å². The molecule has 0 aliphatic heterocycles. The van der Waals surface area contributed by atoms with Crippen molar-refractivity contribution >= 4 is 11.9 Å². The van der Waals surface area contributed by atoms with Crippen molar-refractivity contribution in [2.75, 3.05) is 23.7 Å². The Morgan fingerprint density at radius 1 is 0.333 bits per heavy atom. The zero-order valence-corrected chi connectivity index (χ0v) is 30.3. The highest BCUT2D eigenvalue weighted by molar-refractivity contribution is 5.32. The monoisotopic (exact) mass is 634 g/mol. The number of rotatable bonds is 36. The fourth-order valence-electron chi connectivity index (χ4n) is 6.25. The van der Waals surface area contributed by atoms with Crippen LogP contribution < -0.4 is 10.6 Å². The van der Waals surface area contributed by atoms with Crippen molar-refractivity contribution in [1.29, 1.82) is 0 Å². The molecular formula is C39H76FN5. The van der Waals surface area contributed by atoms with Crippen LogP contribution in [0.15, 0.2) is 0 Å². The van der Waals surface area contributed by atoms with E-state index in [1.165, 1.54) is 193 Å². The number of hydrogen-bond donors (Lipinski definition) is 2. The van der Waals surface area contributed by atoms with Crippen molar-refractivity contribution in [3.63, 3.8) is 0 Å². The topological polar surface area (TPSA) is 62.7 Å². The Morgan fingerprint density at radius 3 is 0.800 bits per heavy atom. The first kappa shape index (κ1) is 41.6. The van der Waals surface area contributed by atoms with Gasteiger partial charge in [-0.05, 0) is 12.8 Å². The summed E-state index contributed by atoms with van der Waals surface area (Å²) >= 11 is 0. The van der Waals surface area contributed by atoms with Crippen molar-refractivity contribution in [1.82, 2.24) is 15.0 Å². The van der Waals surface area contributed by atoms with Crippen LogP contribution in [0, 0.1) is 6.08 Å². The van der Waals surface area contributed by atoms with Gasteiger partial charge in [0.1, 0.15) is 0 Å². The van der Waals surface area contributed by atoms with Crippen molar-refractivity contribution in [3.8, 4) is 0 Å². The van der Waals surface area contributed by atoms with E-state index in [9.17, 15) is 4.39 Å². The molecule has 2 N–H and O–H groups in total. The maximum Gasteiger partial charge on any atom is 0.315 e. The van der Waals surface area contributed by atoms with E-state index in [-0.39, 0.29) is 0 Å². The van der Waals surface area contributed by atoms with Gasteiger partial charge in [-0.1, -0.05) is 206 Å². The highest BCUT2D eigenvalue weighted by Gasteiger charge is 2.05. The van der Waals surface area contributed by atoms with Gasteiger partial charge in [-0.25, -0.2) is 0 Å². The predicted molar refractivity (Wildman–Crippen MR) is 196 cm³/mol. The molecule has 0 atom stereocenters. The van der Waals surface area contributed by atoms with Crippen LogP contribution in [0.25, 0.3) is 0 Å². The molecule has 0 unspecified atom stereocenters. The number of unbranched alkanes of at least 4 members (excludes halogenated alkanes) is 30. The van der Waals surface area contributed by atoms with Crippen molar-refractivity contribution in [2.24, 2.45) is 0 Å². The summed E-state index contributed by atoms with van der Waals surface area (Å²) in [7, 11) is 0. The normalized spacial score (nSPS) is 11.4. The number of aromatic nitrogens is 3. The lowest BCUT2D eigenvalue weighted by atomic mass is 10.0. The van der Waals surface area contributed by atoms with Crippen molar-refractivity contribution < 1.29 is 4.39 Å². The molecule has 0 aliphatic rings. The predicted octanol–water partition coefficient (Wildman–Crippen LogP) is 13.4. The van der Waals surface area contributed by atoms with Crippen LogP contribution in [0.4, 0.5) is 16.3 Å². The van der Waals surface area contributed by atoms with Gasteiger partial charge in [-0.2, -0.15) is 19.3 Å². The van der Waals surface area contributed by atoms with E-state index in [0.717, 1.165) is 25.9 Å². The number of anilines is 2. The van der Waals surface area contributed by atoms with Gasteiger partial charge in [0.05, 0.1) is 0 Å². The molecule has 0 saturated heterocycles. The van der Waals surface area contributed by atoms with E-state index in [2.05, 4.69) is 39.4 Å². The SMILES string of the molecule is CCCCCCCCCCCCCCCCCCNc1nc(F)nc(NCCCCCCCCCCCCCCCCCC)n1. The van der Waals surface area contributed by atoms with Gasteiger partial charge in [0, 0.05) is 13.1 Å². The smallest absolute Gasteiger partial charge is 0.315 e. The molecule has 0 saturated carbocycles. The summed E-state index contributed by atoms with van der Waals surface area (Å²) < 4.78 is 13.9. The molecule has 264 valence electrons. The summed E-state index contributed by atoms with van der Waals surface area (Å²) in [6.45, 7) is 6.13. The van der Waals surface area contributed by atoms with Crippen LogP contribution in [0.5, 0.6) is 0 Å². The largest absolute Gasteiger partial charge is 0.354 e. The van der Waals surface area contributed by atoms with Crippen LogP contribution in [0.3, 0.4) is 0 Å². The Labute approximate surface area is 279 Å². The summed E-state index contributed by atoms with van der Waals surface area (Å²) in [5, 5.41) is 6.38. The molecule has 0 fully saturated rings. The maximum atomic E-state index is 13.9. The quantitative estimate of drug-likeness (QED) is 0.0720. The molecule has 5 nitrogen and oxygen atoms in total. The molecule has 1 rings (SSSR count). The molecule has 1 heterocycles. The molecule has 1 aromatic heterocycles. The van der Waals surface area contributed by atoms with Crippen molar-refractivity contribution in [3.05, 3.63) is 6.08 Å². The van der Waals surface area contributed by atoms with Gasteiger partial charge in [0.15, 0.2) is 0 Å². The molecule has 0 aromatic carbocycles. The third-order valence-corrected chi connectivity index (χ3v) is 9.24. The molecule has 1 aromatic rings. The second kappa shape index (κ2) is 33.9. The summed E-state index contributed by atoms with van der Waals surface area (Å²) in [5.41, 5.74) is 0. The molecule has 0 radical (unpaired) electrons. The van der Waals surface area contributed by atoms with E-state index in [1.54, 1.807) is 0 Å². The van der Waals surface area contributed by atoms with E-state index in [4.69, 9.17) is 0 Å². The minimum Gasteiger partial charge on any atom is -0.354 e.